The molecule has 2 heterocycles. The lowest BCUT2D eigenvalue weighted by Crippen LogP contribution is -2.42. The molecule has 0 bridgehead atoms. The van der Waals surface area contributed by atoms with Crippen molar-refractivity contribution in [3.63, 3.8) is 0 Å². The molecule has 4 rings (SSSR count). The highest BCUT2D eigenvalue weighted by Crippen LogP contribution is 2.62. The Hall–Kier alpha value is -1.10. The number of rotatable bonds is 3. The fraction of sp³-hybridized carbons (Fsp3) is 0.867. The molecule has 3 N–H and O–H groups in total. The maximum atomic E-state index is 5.87. The number of anilines is 1. The van der Waals surface area contributed by atoms with Crippen LogP contribution in [0.1, 0.15) is 50.8 Å². The number of fused-ring (bicyclic) bond motifs is 1. The van der Waals surface area contributed by atoms with Crippen LogP contribution in [-0.4, -0.2) is 34.8 Å². The van der Waals surface area contributed by atoms with Crippen LogP contribution >= 0.6 is 0 Å². The lowest BCUT2D eigenvalue weighted by molar-refractivity contribution is 0.257. The number of nitrogens with two attached hydrogens (primary N) is 1. The number of aromatic amines is 1. The summed E-state index contributed by atoms with van der Waals surface area (Å²) >= 11 is 0. The maximum absolute atomic E-state index is 5.87. The van der Waals surface area contributed by atoms with Crippen molar-refractivity contribution in [2.45, 2.75) is 44.9 Å². The van der Waals surface area contributed by atoms with Crippen molar-refractivity contribution in [3.05, 3.63) is 5.82 Å². The fourth-order valence-corrected chi connectivity index (χ4v) is 4.23. The highest BCUT2D eigenvalue weighted by atomic mass is 15.4. The van der Waals surface area contributed by atoms with Gasteiger partial charge in [0.1, 0.15) is 5.82 Å². The zero-order chi connectivity index (χ0) is 13.7. The molecule has 1 aromatic heterocycles. The SMILES string of the molecule is CC1(CN)CCN(c2n[nH]c(C3C4CCCC43)n2)CC1. The van der Waals surface area contributed by atoms with Crippen LogP contribution < -0.4 is 10.6 Å². The number of H-pyrrole nitrogens is 1. The van der Waals surface area contributed by atoms with Crippen molar-refractivity contribution in [1.29, 1.82) is 0 Å². The summed E-state index contributed by atoms with van der Waals surface area (Å²) in [6, 6.07) is 0. The third kappa shape index (κ3) is 1.94. The molecule has 2 aliphatic carbocycles. The van der Waals surface area contributed by atoms with Crippen LogP contribution in [0, 0.1) is 17.3 Å². The summed E-state index contributed by atoms with van der Waals surface area (Å²) in [5.41, 5.74) is 6.18. The van der Waals surface area contributed by atoms with E-state index in [-0.39, 0.29) is 0 Å². The molecule has 5 nitrogen and oxygen atoms in total. The van der Waals surface area contributed by atoms with Crippen LogP contribution in [-0.2, 0) is 0 Å². The first-order chi connectivity index (χ1) is 9.70. The second kappa shape index (κ2) is 4.45. The predicted molar refractivity (Wildman–Crippen MR) is 78.6 cm³/mol. The molecule has 0 aromatic carbocycles. The summed E-state index contributed by atoms with van der Waals surface area (Å²) in [5.74, 6) is 4.53. The Balaban J connectivity index is 1.42. The fourth-order valence-electron chi connectivity index (χ4n) is 4.23. The van der Waals surface area contributed by atoms with Gasteiger partial charge in [-0.05, 0) is 49.5 Å². The largest absolute Gasteiger partial charge is 0.340 e. The zero-order valence-electron chi connectivity index (χ0n) is 12.3. The molecule has 1 aliphatic heterocycles. The van der Waals surface area contributed by atoms with E-state index in [1.165, 1.54) is 19.3 Å². The summed E-state index contributed by atoms with van der Waals surface area (Å²) < 4.78 is 0. The monoisotopic (exact) mass is 275 g/mol. The number of nitrogens with zero attached hydrogens (tertiary/aromatic N) is 3. The van der Waals surface area contributed by atoms with Gasteiger partial charge in [-0.3, -0.25) is 5.10 Å². The van der Waals surface area contributed by atoms with Gasteiger partial charge in [0, 0.05) is 19.0 Å². The number of hydrogen-bond donors (Lipinski definition) is 2. The Morgan fingerprint density at radius 1 is 1.30 bits per heavy atom. The Kier molecular flexibility index (Phi) is 2.81. The summed E-state index contributed by atoms with van der Waals surface area (Å²) in [6.45, 7) is 5.13. The highest BCUT2D eigenvalue weighted by Gasteiger charge is 2.55. The van der Waals surface area contributed by atoms with Crippen LogP contribution in [0.4, 0.5) is 5.95 Å². The van der Waals surface area contributed by atoms with E-state index in [0.717, 1.165) is 56.1 Å². The lowest BCUT2D eigenvalue weighted by Gasteiger charge is -2.38. The van der Waals surface area contributed by atoms with Gasteiger partial charge in [0.2, 0.25) is 5.95 Å². The molecule has 0 spiro atoms. The molecule has 1 aromatic rings. The molecule has 0 radical (unpaired) electrons. The maximum Gasteiger partial charge on any atom is 0.244 e. The van der Waals surface area contributed by atoms with Crippen LogP contribution in [0.5, 0.6) is 0 Å². The summed E-state index contributed by atoms with van der Waals surface area (Å²) in [4.78, 5) is 7.10. The van der Waals surface area contributed by atoms with Gasteiger partial charge < -0.3 is 10.6 Å². The molecule has 2 atom stereocenters. The quantitative estimate of drug-likeness (QED) is 0.883. The average molecular weight is 275 g/mol. The van der Waals surface area contributed by atoms with E-state index in [1.807, 2.05) is 0 Å². The molecule has 2 unspecified atom stereocenters. The van der Waals surface area contributed by atoms with Crippen molar-refractivity contribution < 1.29 is 0 Å². The second-order valence-electron chi connectivity index (χ2n) is 7.31. The molecule has 5 heteroatoms. The van der Waals surface area contributed by atoms with Crippen molar-refractivity contribution in [3.8, 4) is 0 Å². The van der Waals surface area contributed by atoms with Gasteiger partial charge in [-0.25, -0.2) is 0 Å². The Morgan fingerprint density at radius 3 is 2.65 bits per heavy atom. The average Bonchev–Trinajstić information content (AvgIpc) is 2.90. The number of aromatic nitrogens is 3. The van der Waals surface area contributed by atoms with E-state index in [2.05, 4.69) is 22.0 Å². The third-order valence-corrected chi connectivity index (χ3v) is 5.96. The van der Waals surface area contributed by atoms with E-state index >= 15 is 0 Å². The molecule has 0 amide bonds. The molecule has 1 saturated heterocycles. The summed E-state index contributed by atoms with van der Waals surface area (Å²) in [6.07, 6.45) is 6.48. The predicted octanol–water partition coefficient (Wildman–Crippen LogP) is 1.88. The Bertz CT molecular complexity index is 478. The van der Waals surface area contributed by atoms with Gasteiger partial charge in [0.05, 0.1) is 0 Å². The number of hydrogen-bond acceptors (Lipinski definition) is 4. The normalized spacial score (nSPS) is 35.1. The van der Waals surface area contributed by atoms with Gasteiger partial charge in [-0.1, -0.05) is 13.3 Å². The first-order valence-electron chi connectivity index (χ1n) is 8.07. The summed E-state index contributed by atoms with van der Waals surface area (Å²) in [5, 5.41) is 7.66. The molecule has 3 fully saturated rings. The molecule has 2 saturated carbocycles. The zero-order valence-corrected chi connectivity index (χ0v) is 12.3. The minimum atomic E-state index is 0.309. The summed E-state index contributed by atoms with van der Waals surface area (Å²) in [7, 11) is 0. The topological polar surface area (TPSA) is 70.8 Å². The minimum Gasteiger partial charge on any atom is -0.340 e. The van der Waals surface area contributed by atoms with Crippen molar-refractivity contribution in [1.82, 2.24) is 15.2 Å². The van der Waals surface area contributed by atoms with E-state index in [0.29, 0.717) is 11.3 Å². The Morgan fingerprint density at radius 2 is 2.00 bits per heavy atom. The van der Waals surface area contributed by atoms with E-state index in [9.17, 15) is 0 Å². The standard InChI is InChI=1S/C15H25N5/c1-15(9-16)5-7-20(8-6-15)14-17-13(18-19-14)12-10-3-2-4-11(10)12/h10-12H,2-9,16H2,1H3,(H,17,18,19). The van der Waals surface area contributed by atoms with E-state index in [1.54, 1.807) is 0 Å². The smallest absolute Gasteiger partial charge is 0.244 e. The first-order valence-corrected chi connectivity index (χ1v) is 8.07. The van der Waals surface area contributed by atoms with Gasteiger partial charge in [0.25, 0.3) is 0 Å². The van der Waals surface area contributed by atoms with Gasteiger partial charge in [-0.15, -0.1) is 5.10 Å². The number of nitrogens with one attached hydrogen (secondary N) is 1. The number of piperidine rings is 1. The van der Waals surface area contributed by atoms with E-state index < -0.39 is 0 Å². The molecular formula is C15H25N5. The second-order valence-corrected chi connectivity index (χ2v) is 7.31. The van der Waals surface area contributed by atoms with Crippen LogP contribution in [0.2, 0.25) is 0 Å². The lowest BCUT2D eigenvalue weighted by atomic mass is 9.81. The molecular weight excluding hydrogens is 250 g/mol. The van der Waals surface area contributed by atoms with Gasteiger partial charge in [-0.2, -0.15) is 4.98 Å². The molecule has 20 heavy (non-hydrogen) atoms. The minimum absolute atomic E-state index is 0.309. The van der Waals surface area contributed by atoms with Gasteiger partial charge >= 0.3 is 0 Å². The van der Waals surface area contributed by atoms with Crippen molar-refractivity contribution in [2.75, 3.05) is 24.5 Å². The van der Waals surface area contributed by atoms with Crippen LogP contribution in [0.25, 0.3) is 0 Å². The Labute approximate surface area is 120 Å². The van der Waals surface area contributed by atoms with E-state index in [4.69, 9.17) is 10.7 Å². The highest BCUT2D eigenvalue weighted by molar-refractivity contribution is 5.32. The van der Waals surface area contributed by atoms with Crippen molar-refractivity contribution in [2.24, 2.45) is 23.0 Å². The first kappa shape index (κ1) is 12.6. The van der Waals surface area contributed by atoms with Crippen molar-refractivity contribution >= 4 is 5.95 Å². The molecule has 3 aliphatic rings. The van der Waals surface area contributed by atoms with Crippen LogP contribution in [0.3, 0.4) is 0 Å². The third-order valence-electron chi connectivity index (χ3n) is 5.96. The molecule has 110 valence electrons. The van der Waals surface area contributed by atoms with Crippen LogP contribution in [0.15, 0.2) is 0 Å². The van der Waals surface area contributed by atoms with Gasteiger partial charge in [0.15, 0.2) is 0 Å².